The molecule has 0 radical (unpaired) electrons. The molecule has 1 amide bonds. The average Bonchev–Trinajstić information content (AvgIpc) is 3.09. The van der Waals surface area contributed by atoms with Crippen LogP contribution in [0.2, 0.25) is 0 Å². The molecule has 0 fully saturated rings. The Balaban J connectivity index is 2.14. The average molecular weight is 356 g/mol. The van der Waals surface area contributed by atoms with E-state index in [1.807, 2.05) is 0 Å². The molecule has 2 unspecified atom stereocenters. The highest BCUT2D eigenvalue weighted by Gasteiger charge is 2.26. The Bertz CT molecular complexity index is 750. The summed E-state index contributed by atoms with van der Waals surface area (Å²) in [4.78, 5) is 22.1. The number of alkyl halides is 2. The van der Waals surface area contributed by atoms with Gasteiger partial charge in [-0.1, -0.05) is 0 Å². The highest BCUT2D eigenvalue weighted by atomic mass is 19.3. The monoisotopic (exact) mass is 356 g/mol. The second-order valence-electron chi connectivity index (χ2n) is 4.99. The first-order chi connectivity index (χ1) is 11.8. The number of aliphatic hydroxyl groups is 2. The largest absolute Gasteiger partial charge is 0.394 e. The van der Waals surface area contributed by atoms with Crippen molar-refractivity contribution < 1.29 is 28.7 Å². The molecule has 0 saturated heterocycles. The molecule has 25 heavy (non-hydrogen) atoms. The van der Waals surface area contributed by atoms with Gasteiger partial charge in [0, 0.05) is 18.3 Å². The number of aromatic nitrogens is 2. The van der Waals surface area contributed by atoms with Crippen molar-refractivity contribution in [2.75, 3.05) is 6.61 Å². The first-order valence-corrected chi connectivity index (χ1v) is 7.01. The van der Waals surface area contributed by atoms with Crippen molar-refractivity contribution in [2.24, 2.45) is 0 Å². The molecule has 1 aromatic heterocycles. The maximum atomic E-state index is 12.7. The maximum Gasteiger partial charge on any atom is 0.333 e. The Morgan fingerprint density at radius 2 is 1.96 bits per heavy atom. The molecular weight excluding hydrogens is 342 g/mol. The lowest BCUT2D eigenvalue weighted by molar-refractivity contribution is -0.384. The summed E-state index contributed by atoms with van der Waals surface area (Å²) in [7, 11) is 0. The highest BCUT2D eigenvalue weighted by Crippen LogP contribution is 2.21. The third-order valence-electron chi connectivity index (χ3n) is 3.43. The van der Waals surface area contributed by atoms with E-state index < -0.39 is 41.8 Å². The molecule has 11 heteroatoms. The molecule has 3 N–H and O–H groups in total. The number of nitro groups is 1. The van der Waals surface area contributed by atoms with Crippen molar-refractivity contribution in [3.8, 4) is 0 Å². The standard InChI is InChI=1S/C14H14F2N4O5/c15-14(16)19-11(5-6-17-19)13(23)18-10(7-21)12(22)8-1-3-9(4-2-8)20(24)25/h1-6,10,12,14,21-22H,7H2,(H,18,23). The second kappa shape index (κ2) is 7.77. The summed E-state index contributed by atoms with van der Waals surface area (Å²) < 4.78 is 25.7. The summed E-state index contributed by atoms with van der Waals surface area (Å²) >= 11 is 0. The van der Waals surface area contributed by atoms with Crippen molar-refractivity contribution in [2.45, 2.75) is 18.7 Å². The minimum absolute atomic E-state index is 0.193. The predicted octanol–water partition coefficient (Wildman–Crippen LogP) is 1.01. The third-order valence-corrected chi connectivity index (χ3v) is 3.43. The molecule has 9 nitrogen and oxygen atoms in total. The van der Waals surface area contributed by atoms with Crippen molar-refractivity contribution in [3.05, 3.63) is 57.9 Å². The van der Waals surface area contributed by atoms with Crippen LogP contribution in [0.15, 0.2) is 36.5 Å². The number of benzene rings is 1. The van der Waals surface area contributed by atoms with Gasteiger partial charge in [-0.15, -0.1) is 0 Å². The molecule has 1 aromatic carbocycles. The van der Waals surface area contributed by atoms with Crippen LogP contribution in [-0.4, -0.2) is 43.5 Å². The molecule has 0 aliphatic rings. The van der Waals surface area contributed by atoms with Crippen LogP contribution in [0, 0.1) is 10.1 Å². The van der Waals surface area contributed by atoms with Gasteiger partial charge in [0.05, 0.1) is 17.6 Å². The molecule has 134 valence electrons. The van der Waals surface area contributed by atoms with Crippen LogP contribution < -0.4 is 5.32 Å². The molecule has 0 saturated carbocycles. The number of rotatable bonds is 7. The minimum atomic E-state index is -3.03. The maximum absolute atomic E-state index is 12.7. The van der Waals surface area contributed by atoms with E-state index in [1.165, 1.54) is 12.1 Å². The van der Waals surface area contributed by atoms with Crippen LogP contribution in [0.1, 0.15) is 28.7 Å². The lowest BCUT2D eigenvalue weighted by Gasteiger charge is -2.22. The van der Waals surface area contributed by atoms with Crippen LogP contribution in [0.25, 0.3) is 0 Å². The quantitative estimate of drug-likeness (QED) is 0.501. The fourth-order valence-electron chi connectivity index (χ4n) is 2.14. The van der Waals surface area contributed by atoms with Gasteiger partial charge in [-0.25, -0.2) is 0 Å². The van der Waals surface area contributed by atoms with Crippen molar-refractivity contribution in [1.82, 2.24) is 15.1 Å². The molecule has 0 aliphatic heterocycles. The van der Waals surface area contributed by atoms with E-state index in [1.54, 1.807) is 0 Å². The van der Waals surface area contributed by atoms with Crippen molar-refractivity contribution in [1.29, 1.82) is 0 Å². The molecule has 0 bridgehead atoms. The van der Waals surface area contributed by atoms with Gasteiger partial charge in [0.2, 0.25) is 0 Å². The summed E-state index contributed by atoms with van der Waals surface area (Å²) in [6, 6.07) is 4.69. The number of carbonyl (C=O) groups is 1. The van der Waals surface area contributed by atoms with Gasteiger partial charge in [0.25, 0.3) is 11.6 Å². The van der Waals surface area contributed by atoms with E-state index in [4.69, 9.17) is 0 Å². The number of nitrogens with zero attached hydrogens (tertiary/aromatic N) is 3. The number of amides is 1. The summed E-state index contributed by atoms with van der Waals surface area (Å²) in [5, 5.41) is 35.8. The Morgan fingerprint density at radius 3 is 2.48 bits per heavy atom. The van der Waals surface area contributed by atoms with Crippen LogP contribution in [0.4, 0.5) is 14.5 Å². The van der Waals surface area contributed by atoms with E-state index in [0.29, 0.717) is 0 Å². The Hall–Kier alpha value is -2.92. The van der Waals surface area contributed by atoms with E-state index in [9.17, 15) is 33.9 Å². The van der Waals surface area contributed by atoms with E-state index >= 15 is 0 Å². The Kier molecular flexibility index (Phi) is 5.72. The van der Waals surface area contributed by atoms with Gasteiger partial charge in [0.15, 0.2) is 0 Å². The number of hydrogen-bond acceptors (Lipinski definition) is 6. The lowest BCUT2D eigenvalue weighted by Crippen LogP contribution is -2.42. The van der Waals surface area contributed by atoms with E-state index in [0.717, 1.165) is 24.4 Å². The van der Waals surface area contributed by atoms with E-state index in [-0.39, 0.29) is 15.9 Å². The van der Waals surface area contributed by atoms with Gasteiger partial charge in [-0.05, 0) is 23.8 Å². The summed E-state index contributed by atoms with van der Waals surface area (Å²) in [6.07, 6.45) is -0.389. The number of aliphatic hydroxyl groups excluding tert-OH is 2. The van der Waals surface area contributed by atoms with Gasteiger partial charge < -0.3 is 15.5 Å². The van der Waals surface area contributed by atoms with Crippen LogP contribution >= 0.6 is 0 Å². The zero-order valence-corrected chi connectivity index (χ0v) is 12.6. The zero-order chi connectivity index (χ0) is 18.6. The molecular formula is C14H14F2N4O5. The summed E-state index contributed by atoms with van der Waals surface area (Å²) in [6.45, 7) is -3.71. The van der Waals surface area contributed by atoms with Crippen LogP contribution in [0.5, 0.6) is 0 Å². The smallest absolute Gasteiger partial charge is 0.333 e. The number of halogens is 2. The number of nitrogens with one attached hydrogen (secondary N) is 1. The number of nitro benzene ring substituents is 1. The molecule has 2 rings (SSSR count). The van der Waals surface area contributed by atoms with Crippen molar-refractivity contribution in [3.63, 3.8) is 0 Å². The first kappa shape index (κ1) is 18.4. The topological polar surface area (TPSA) is 131 Å². The highest BCUT2D eigenvalue weighted by molar-refractivity contribution is 5.92. The Labute approximate surface area is 139 Å². The molecule has 1 heterocycles. The number of carbonyl (C=O) groups excluding carboxylic acids is 1. The molecule has 2 aromatic rings. The SMILES string of the molecule is O=C(NC(CO)C(O)c1ccc([N+](=O)[O-])cc1)c1ccnn1C(F)F. The number of non-ortho nitro benzene ring substituents is 1. The fraction of sp³-hybridized carbons (Fsp3) is 0.286. The molecule has 0 aliphatic carbocycles. The van der Waals surface area contributed by atoms with Gasteiger partial charge in [-0.3, -0.25) is 14.9 Å². The third kappa shape index (κ3) is 4.14. The minimum Gasteiger partial charge on any atom is -0.394 e. The normalized spacial score (nSPS) is 13.5. The first-order valence-electron chi connectivity index (χ1n) is 7.01. The summed E-state index contributed by atoms with van der Waals surface area (Å²) in [5.74, 6) is -0.960. The summed E-state index contributed by atoms with van der Waals surface area (Å²) in [5.41, 5.74) is -0.432. The van der Waals surface area contributed by atoms with Gasteiger partial charge in [-0.2, -0.15) is 18.6 Å². The predicted molar refractivity (Wildman–Crippen MR) is 79.9 cm³/mol. The number of hydrogen-bond donors (Lipinski definition) is 3. The van der Waals surface area contributed by atoms with Crippen molar-refractivity contribution >= 4 is 11.6 Å². The van der Waals surface area contributed by atoms with Crippen LogP contribution in [-0.2, 0) is 0 Å². The zero-order valence-electron chi connectivity index (χ0n) is 12.6. The van der Waals surface area contributed by atoms with Crippen LogP contribution in [0.3, 0.4) is 0 Å². The van der Waals surface area contributed by atoms with Gasteiger partial charge in [0.1, 0.15) is 11.8 Å². The van der Waals surface area contributed by atoms with E-state index in [2.05, 4.69) is 10.4 Å². The Morgan fingerprint density at radius 1 is 1.32 bits per heavy atom. The van der Waals surface area contributed by atoms with Gasteiger partial charge >= 0.3 is 6.55 Å². The fourth-order valence-corrected chi connectivity index (χ4v) is 2.14. The molecule has 2 atom stereocenters. The molecule has 0 spiro atoms. The second-order valence-corrected chi connectivity index (χ2v) is 4.99. The lowest BCUT2D eigenvalue weighted by atomic mass is 10.0.